The van der Waals surface area contributed by atoms with E-state index in [1.807, 2.05) is 0 Å². The van der Waals surface area contributed by atoms with E-state index in [1.54, 1.807) is 30.3 Å². The van der Waals surface area contributed by atoms with E-state index in [0.717, 1.165) is 31.4 Å². The van der Waals surface area contributed by atoms with Crippen LogP contribution >= 0.6 is 0 Å². The third kappa shape index (κ3) is 10.9. The summed E-state index contributed by atoms with van der Waals surface area (Å²) in [6.45, 7) is 0.717. The molecule has 0 spiro atoms. The molecule has 5 rings (SSSR count). The van der Waals surface area contributed by atoms with Gasteiger partial charge in [-0.25, -0.2) is 0 Å². The van der Waals surface area contributed by atoms with Gasteiger partial charge in [0.2, 0.25) is 5.56 Å². The van der Waals surface area contributed by atoms with Crippen LogP contribution in [0.4, 0.5) is 8.78 Å². The van der Waals surface area contributed by atoms with Crippen molar-refractivity contribution < 1.29 is 49.7 Å². The van der Waals surface area contributed by atoms with Crippen LogP contribution in [0.15, 0.2) is 106 Å². The number of benzene rings is 4. The predicted octanol–water partition coefficient (Wildman–Crippen LogP) is 5.56. The summed E-state index contributed by atoms with van der Waals surface area (Å²) in [5.74, 6) is -3.02. The van der Waals surface area contributed by atoms with Gasteiger partial charge in [-0.3, -0.25) is 13.9 Å². The van der Waals surface area contributed by atoms with E-state index in [4.69, 9.17) is 13.8 Å². The number of aromatic amines is 1. The second kappa shape index (κ2) is 17.3. The van der Waals surface area contributed by atoms with Crippen LogP contribution in [0.3, 0.4) is 0 Å². The van der Waals surface area contributed by atoms with Crippen LogP contribution < -0.4 is 10.9 Å². The van der Waals surface area contributed by atoms with E-state index in [0.29, 0.717) is 42.6 Å². The van der Waals surface area contributed by atoms with E-state index in [1.165, 1.54) is 48.5 Å². The maximum absolute atomic E-state index is 14.0. The van der Waals surface area contributed by atoms with E-state index < -0.39 is 48.7 Å². The molecule has 0 aliphatic carbocycles. The first-order valence-electron chi connectivity index (χ1n) is 15.8. The topological polar surface area (TPSA) is 203 Å². The van der Waals surface area contributed by atoms with E-state index in [2.05, 4.69) is 10.3 Å². The number of rotatable bonds is 15. The Balaban J connectivity index is 0.000000272. The summed E-state index contributed by atoms with van der Waals surface area (Å²) in [6.07, 6.45) is 2.60. The number of alkyl halides is 2. The van der Waals surface area contributed by atoms with Crippen molar-refractivity contribution in [2.75, 3.05) is 26.3 Å². The Morgan fingerprint density at radius 1 is 0.745 bits per heavy atom. The van der Waals surface area contributed by atoms with Crippen molar-refractivity contribution in [2.24, 2.45) is 0 Å². The van der Waals surface area contributed by atoms with Gasteiger partial charge in [0.15, 0.2) is 0 Å². The molecule has 0 amide bonds. The first-order valence-corrected chi connectivity index (χ1v) is 18.7. The van der Waals surface area contributed by atoms with Crippen molar-refractivity contribution >= 4 is 41.9 Å². The fourth-order valence-electron chi connectivity index (χ4n) is 5.37. The van der Waals surface area contributed by atoms with Gasteiger partial charge in [0, 0.05) is 40.9 Å². The molecule has 1 atom stereocenters. The largest absolute Gasteiger partial charge is 0.506 e. The highest BCUT2D eigenvalue weighted by Crippen LogP contribution is 2.30. The van der Waals surface area contributed by atoms with Crippen LogP contribution in [-0.4, -0.2) is 67.4 Å². The number of aromatic nitrogens is 1. The van der Waals surface area contributed by atoms with Crippen molar-refractivity contribution in [3.8, 4) is 5.75 Å². The number of fused-ring (bicyclic) bond motifs is 2. The molecule has 0 saturated heterocycles. The Labute approximate surface area is 293 Å². The van der Waals surface area contributed by atoms with E-state index in [9.17, 15) is 40.6 Å². The van der Waals surface area contributed by atoms with E-state index in [-0.39, 0.29) is 27.6 Å². The van der Waals surface area contributed by atoms with Crippen molar-refractivity contribution in [1.82, 2.24) is 10.3 Å². The Morgan fingerprint density at radius 3 is 1.96 bits per heavy atom. The summed E-state index contributed by atoms with van der Waals surface area (Å²) in [5.41, 5.74) is 0.573. The number of hydrogen-bond acceptors (Lipinski definition) is 9. The fourth-order valence-corrected chi connectivity index (χ4v) is 6.79. The Kier molecular flexibility index (Phi) is 13.4. The number of aliphatic hydroxyl groups is 1. The first kappa shape index (κ1) is 39.5. The molecular formula is C35H38F2N2O10S2. The van der Waals surface area contributed by atoms with Crippen molar-refractivity contribution in [2.45, 2.75) is 47.5 Å². The maximum Gasteiger partial charge on any atom is 0.296 e. The molecule has 0 radical (unpaired) electrons. The number of pyridine rings is 1. The molecule has 51 heavy (non-hydrogen) atoms. The van der Waals surface area contributed by atoms with E-state index >= 15 is 0 Å². The van der Waals surface area contributed by atoms with Gasteiger partial charge in [-0.05, 0) is 49.2 Å². The van der Waals surface area contributed by atoms with Crippen LogP contribution in [-0.2, 0) is 30.9 Å². The number of unbranched alkanes of at least 4 members (excludes halogenated alkanes) is 3. The minimum Gasteiger partial charge on any atom is -0.506 e. The normalized spacial score (nSPS) is 12.8. The van der Waals surface area contributed by atoms with Crippen LogP contribution in [0, 0.1) is 0 Å². The van der Waals surface area contributed by atoms with Crippen molar-refractivity contribution in [1.29, 1.82) is 0 Å². The number of ether oxygens (including phenoxy) is 1. The molecule has 6 N–H and O–H groups in total. The standard InChI is InChI=1S/C25H30F2N2O4.C10H8O6S2/c26-25(27,18-8-4-3-5-9-18)17-33-15-7-2-1-6-14-28-16-22(31)19-10-12-21(30)24-20(19)11-13-23(32)29-24;11-17(12,13)9-5-1-3-7-8(9)4-2-6-10(7)18(14,15)16/h3-5,8-13,22,28,30-31H,1-2,6-7,14-17H2,(H,29,32);1-6H,(H,11,12,13)(H,14,15,16). The summed E-state index contributed by atoms with van der Waals surface area (Å²) >= 11 is 0. The monoisotopic (exact) mass is 748 g/mol. The molecule has 5 aromatic rings. The van der Waals surface area contributed by atoms with Crippen LogP contribution in [0.2, 0.25) is 0 Å². The number of phenols is 1. The SMILES string of the molecule is O=S(=O)(O)c1cccc2c(S(=O)(=O)O)cccc12.O=c1ccc2c(C(O)CNCCCCCCOCC(F)(F)c3ccccc3)ccc(O)c2[nH]1. The molecule has 0 aliphatic rings. The minimum atomic E-state index is -4.47. The molecule has 0 fully saturated rings. The van der Waals surface area contributed by atoms with Gasteiger partial charge in [-0.1, -0.05) is 73.5 Å². The molecule has 274 valence electrons. The lowest BCUT2D eigenvalue weighted by atomic mass is 10.0. The average molecular weight is 749 g/mol. The number of nitrogens with one attached hydrogen (secondary N) is 2. The molecular weight excluding hydrogens is 711 g/mol. The average Bonchev–Trinajstić information content (AvgIpc) is 3.08. The zero-order chi connectivity index (χ0) is 37.2. The predicted molar refractivity (Wildman–Crippen MR) is 187 cm³/mol. The second-order valence-electron chi connectivity index (χ2n) is 11.6. The van der Waals surface area contributed by atoms with Crippen molar-refractivity contribution in [3.05, 3.63) is 112 Å². The third-order valence-corrected chi connectivity index (χ3v) is 9.70. The Morgan fingerprint density at radius 2 is 1.35 bits per heavy atom. The zero-order valence-corrected chi connectivity index (χ0v) is 28.8. The van der Waals surface area contributed by atoms with Gasteiger partial charge in [0.25, 0.3) is 26.2 Å². The van der Waals surface area contributed by atoms with Gasteiger partial charge >= 0.3 is 0 Å². The van der Waals surface area contributed by atoms with Gasteiger partial charge in [0.1, 0.15) is 22.1 Å². The smallest absolute Gasteiger partial charge is 0.296 e. The van der Waals surface area contributed by atoms with Crippen molar-refractivity contribution in [3.63, 3.8) is 0 Å². The molecule has 16 heteroatoms. The van der Waals surface area contributed by atoms with Gasteiger partial charge < -0.3 is 25.3 Å². The van der Waals surface area contributed by atoms with Crippen LogP contribution in [0.1, 0.15) is 42.9 Å². The molecule has 0 aliphatic heterocycles. The van der Waals surface area contributed by atoms with Gasteiger partial charge in [-0.2, -0.15) is 25.6 Å². The summed E-state index contributed by atoms with van der Waals surface area (Å²) in [7, 11) is -8.94. The molecule has 0 saturated carbocycles. The zero-order valence-electron chi connectivity index (χ0n) is 27.2. The highest BCUT2D eigenvalue weighted by atomic mass is 32.2. The van der Waals surface area contributed by atoms with Gasteiger partial charge in [0.05, 0.1) is 11.6 Å². The quantitative estimate of drug-likeness (QED) is 0.0578. The van der Waals surface area contributed by atoms with Gasteiger partial charge in [-0.15, -0.1) is 0 Å². The lowest BCUT2D eigenvalue weighted by molar-refractivity contribution is -0.0831. The number of H-pyrrole nitrogens is 1. The fraction of sp³-hybridized carbons (Fsp3) is 0.286. The summed E-state index contributed by atoms with van der Waals surface area (Å²) in [5, 5.41) is 24.3. The molecule has 1 heterocycles. The molecule has 1 unspecified atom stereocenters. The Hall–Kier alpha value is -4.29. The summed E-state index contributed by atoms with van der Waals surface area (Å²) in [6, 6.07) is 21.2. The van der Waals surface area contributed by atoms with Crippen LogP contribution in [0.25, 0.3) is 21.7 Å². The number of halogens is 2. The number of hydrogen-bond donors (Lipinski definition) is 6. The molecule has 0 bridgehead atoms. The second-order valence-corrected chi connectivity index (χ2v) is 14.4. The summed E-state index contributed by atoms with van der Waals surface area (Å²) < 4.78 is 95.9. The lowest BCUT2D eigenvalue weighted by Crippen LogP contribution is -2.23. The third-order valence-electron chi connectivity index (χ3n) is 7.87. The maximum atomic E-state index is 14.0. The lowest BCUT2D eigenvalue weighted by Gasteiger charge is -2.16. The Bertz CT molecular complexity index is 2140. The molecule has 12 nitrogen and oxygen atoms in total. The summed E-state index contributed by atoms with van der Waals surface area (Å²) in [4.78, 5) is 13.3. The molecule has 1 aromatic heterocycles. The molecule has 4 aromatic carbocycles. The highest BCUT2D eigenvalue weighted by molar-refractivity contribution is 7.86. The first-order chi connectivity index (χ1) is 24.1. The minimum absolute atomic E-state index is 0.0233. The van der Waals surface area contributed by atoms with Crippen LogP contribution in [0.5, 0.6) is 5.75 Å². The number of phenolic OH excluding ortho intramolecular Hbond substituents is 1. The highest BCUT2D eigenvalue weighted by Gasteiger charge is 2.31. The number of aromatic hydroxyl groups is 1. The number of aliphatic hydroxyl groups excluding tert-OH is 1.